The van der Waals surface area contributed by atoms with Crippen LogP contribution in [0.1, 0.15) is 20.8 Å². The summed E-state index contributed by atoms with van der Waals surface area (Å²) in [5.41, 5.74) is -3.95. The Morgan fingerprint density at radius 2 is 1.67 bits per heavy atom. The van der Waals surface area contributed by atoms with Gasteiger partial charge in [0.1, 0.15) is 0 Å². The summed E-state index contributed by atoms with van der Waals surface area (Å²) in [7, 11) is 0. The summed E-state index contributed by atoms with van der Waals surface area (Å²) in [5.74, 6) is 0. The summed E-state index contributed by atoms with van der Waals surface area (Å²) in [6.45, 7) is -2.49. The van der Waals surface area contributed by atoms with Gasteiger partial charge < -0.3 is 0 Å². The number of pyridine rings is 1. The van der Waals surface area contributed by atoms with E-state index in [0.717, 1.165) is 18.3 Å². The first-order chi connectivity index (χ1) is 10.8. The highest BCUT2D eigenvalue weighted by Crippen LogP contribution is 2.40. The van der Waals surface area contributed by atoms with E-state index in [9.17, 15) is 26.3 Å². The van der Waals surface area contributed by atoms with E-state index >= 15 is 0 Å². The van der Waals surface area contributed by atoms with Crippen molar-refractivity contribution in [3.8, 4) is 11.3 Å². The Kier molecular flexibility index (Phi) is 2.79. The van der Waals surface area contributed by atoms with Crippen molar-refractivity contribution in [2.75, 3.05) is 0 Å². The van der Waals surface area contributed by atoms with E-state index < -0.39 is 35.9 Å². The number of benzene rings is 1. The number of aryl methyl sites for hydroxylation is 1. The monoisotopic (exact) mass is 308 g/mol. The minimum Gasteiger partial charge on any atom is -0.256 e. The predicted octanol–water partition coefficient (Wildman–Crippen LogP) is 5.09. The smallest absolute Gasteiger partial charge is 0.256 e. The Morgan fingerprint density at radius 1 is 0.952 bits per heavy atom. The van der Waals surface area contributed by atoms with Gasteiger partial charge >= 0.3 is 12.4 Å². The van der Waals surface area contributed by atoms with Crippen molar-refractivity contribution in [1.82, 2.24) is 4.98 Å². The van der Waals surface area contributed by atoms with E-state index in [1.54, 1.807) is 0 Å². The second-order valence-corrected chi connectivity index (χ2v) is 4.19. The molecule has 2 aromatic rings. The third-order valence-electron chi connectivity index (χ3n) is 2.69. The largest absolute Gasteiger partial charge is 0.417 e. The second-order valence-electron chi connectivity index (χ2n) is 4.19. The van der Waals surface area contributed by atoms with Gasteiger partial charge in [0, 0.05) is 15.9 Å². The van der Waals surface area contributed by atoms with Crippen LogP contribution in [0.3, 0.4) is 0 Å². The van der Waals surface area contributed by atoms with Gasteiger partial charge in [-0.3, -0.25) is 4.98 Å². The Morgan fingerprint density at radius 3 is 2.14 bits per heavy atom. The molecule has 0 spiro atoms. The average molecular weight is 308 g/mol. The van der Waals surface area contributed by atoms with Gasteiger partial charge in [-0.1, -0.05) is 12.1 Å². The van der Waals surface area contributed by atoms with E-state index in [0.29, 0.717) is 12.1 Å². The van der Waals surface area contributed by atoms with Crippen molar-refractivity contribution in [2.24, 2.45) is 0 Å². The van der Waals surface area contributed by atoms with Crippen LogP contribution in [0.15, 0.2) is 36.5 Å². The maximum atomic E-state index is 13.1. The molecule has 0 aliphatic rings. The molecular formula is C14H9F6N. The molecule has 0 radical (unpaired) electrons. The molecule has 1 aromatic heterocycles. The molecule has 112 valence electrons. The zero-order chi connectivity index (χ0) is 18.3. The first kappa shape index (κ1) is 11.6. The topological polar surface area (TPSA) is 12.9 Å². The second kappa shape index (κ2) is 5.05. The van der Waals surface area contributed by atoms with Crippen LogP contribution in [0, 0.1) is 6.85 Å². The fraction of sp³-hybridized carbons (Fsp3) is 0.214. The van der Waals surface area contributed by atoms with Crippen LogP contribution in [-0.2, 0) is 12.4 Å². The minimum absolute atomic E-state index is 0.00861. The maximum Gasteiger partial charge on any atom is 0.417 e. The number of rotatable bonds is 1. The van der Waals surface area contributed by atoms with Crippen molar-refractivity contribution >= 4 is 0 Å². The first-order valence-corrected chi connectivity index (χ1v) is 5.55. The average Bonchev–Trinajstić information content (AvgIpc) is 2.44. The van der Waals surface area contributed by atoms with E-state index in [1.807, 2.05) is 0 Å². The van der Waals surface area contributed by atoms with E-state index in [2.05, 4.69) is 4.98 Å². The van der Waals surface area contributed by atoms with Crippen LogP contribution in [0.2, 0.25) is 0 Å². The number of aromatic nitrogens is 1. The molecule has 1 heterocycles. The zero-order valence-corrected chi connectivity index (χ0v) is 10.2. The molecule has 1 aromatic carbocycles. The van der Waals surface area contributed by atoms with Gasteiger partial charge in [0.2, 0.25) is 0 Å². The van der Waals surface area contributed by atoms with E-state index in [4.69, 9.17) is 4.11 Å². The molecule has 0 unspecified atom stereocenters. The van der Waals surface area contributed by atoms with Gasteiger partial charge in [0.15, 0.2) is 0 Å². The van der Waals surface area contributed by atoms with Crippen molar-refractivity contribution in [2.45, 2.75) is 19.2 Å². The standard InChI is InChI=1S/C14H9F6N/c1-8-2-5-12(21-7-8)10-4-3-9(13(15,16)17)6-11(10)14(18,19)20/h2-7H,1H3/i1D3. The Bertz CT molecular complexity index is 732. The summed E-state index contributed by atoms with van der Waals surface area (Å²) in [5, 5.41) is 0. The van der Waals surface area contributed by atoms with Crippen molar-refractivity contribution in [3.05, 3.63) is 53.2 Å². The summed E-state index contributed by atoms with van der Waals surface area (Å²) >= 11 is 0. The molecule has 0 saturated heterocycles. The Balaban J connectivity index is 2.58. The van der Waals surface area contributed by atoms with Gasteiger partial charge in [0.25, 0.3) is 0 Å². The highest BCUT2D eigenvalue weighted by atomic mass is 19.4. The fourth-order valence-electron chi connectivity index (χ4n) is 1.73. The lowest BCUT2D eigenvalue weighted by atomic mass is 10.00. The molecule has 2 rings (SSSR count). The highest BCUT2D eigenvalue weighted by Gasteiger charge is 2.38. The quantitative estimate of drug-likeness (QED) is 0.668. The van der Waals surface area contributed by atoms with Crippen LogP contribution in [0.25, 0.3) is 11.3 Å². The van der Waals surface area contributed by atoms with Gasteiger partial charge in [-0.15, -0.1) is 0 Å². The summed E-state index contributed by atoms with van der Waals surface area (Å²) in [4.78, 5) is 3.64. The lowest BCUT2D eigenvalue weighted by molar-refractivity contribution is -0.142. The lowest BCUT2D eigenvalue weighted by Gasteiger charge is -2.15. The highest BCUT2D eigenvalue weighted by molar-refractivity contribution is 5.65. The third kappa shape index (κ3) is 3.34. The minimum atomic E-state index is -5.03. The first-order valence-electron chi connectivity index (χ1n) is 7.05. The van der Waals surface area contributed by atoms with Crippen LogP contribution in [-0.4, -0.2) is 4.98 Å². The molecule has 0 amide bonds. The number of hydrogen-bond acceptors (Lipinski definition) is 1. The number of nitrogens with zero attached hydrogens (tertiary/aromatic N) is 1. The fourth-order valence-corrected chi connectivity index (χ4v) is 1.73. The summed E-state index contributed by atoms with van der Waals surface area (Å²) < 4.78 is 98.7. The molecule has 7 heteroatoms. The molecule has 21 heavy (non-hydrogen) atoms. The lowest BCUT2D eigenvalue weighted by Crippen LogP contribution is -2.12. The van der Waals surface area contributed by atoms with Crippen LogP contribution in [0.4, 0.5) is 26.3 Å². The summed E-state index contributed by atoms with van der Waals surface area (Å²) in [6, 6.07) is 3.29. The van der Waals surface area contributed by atoms with Gasteiger partial charge in [-0.25, -0.2) is 0 Å². The number of alkyl halides is 6. The van der Waals surface area contributed by atoms with E-state index in [-0.39, 0.29) is 17.3 Å². The Hall–Kier alpha value is -2.05. The molecule has 1 nitrogen and oxygen atoms in total. The van der Waals surface area contributed by atoms with Crippen LogP contribution in [0.5, 0.6) is 0 Å². The van der Waals surface area contributed by atoms with Gasteiger partial charge in [-0.05, 0) is 30.6 Å². The van der Waals surface area contributed by atoms with Gasteiger partial charge in [-0.2, -0.15) is 26.3 Å². The molecule has 0 saturated carbocycles. The zero-order valence-electron chi connectivity index (χ0n) is 13.2. The van der Waals surface area contributed by atoms with Crippen LogP contribution < -0.4 is 0 Å². The molecule has 0 fully saturated rings. The predicted molar refractivity (Wildman–Crippen MR) is 64.4 cm³/mol. The van der Waals surface area contributed by atoms with Gasteiger partial charge in [0.05, 0.1) is 16.8 Å². The van der Waals surface area contributed by atoms with E-state index in [1.165, 1.54) is 0 Å². The number of halogens is 6. The molecule has 0 aliphatic carbocycles. The molecule has 0 bridgehead atoms. The number of hydrogen-bond donors (Lipinski definition) is 0. The normalized spacial score (nSPS) is 15.2. The maximum absolute atomic E-state index is 13.1. The Labute approximate surface area is 120 Å². The molecule has 0 N–H and O–H groups in total. The van der Waals surface area contributed by atoms with Crippen molar-refractivity contribution < 1.29 is 30.5 Å². The molecule has 0 atom stereocenters. The molecular weight excluding hydrogens is 296 g/mol. The van der Waals surface area contributed by atoms with Crippen molar-refractivity contribution in [1.29, 1.82) is 0 Å². The SMILES string of the molecule is [2H]C([2H])([2H])c1ccc(-c2ccc(C(F)(F)F)cc2C(F)(F)F)nc1. The molecule has 0 aliphatic heterocycles. The summed E-state index contributed by atoms with van der Waals surface area (Å²) in [6.07, 6.45) is -9.07. The van der Waals surface area contributed by atoms with Crippen LogP contribution >= 0.6 is 0 Å². The third-order valence-corrected chi connectivity index (χ3v) is 2.69. The van der Waals surface area contributed by atoms with Crippen molar-refractivity contribution in [3.63, 3.8) is 0 Å².